The van der Waals surface area contributed by atoms with E-state index in [4.69, 9.17) is 5.73 Å². The first-order valence-electron chi connectivity index (χ1n) is 3.55. The molecule has 0 aliphatic rings. The second kappa shape index (κ2) is 3.26. The number of carbonyl (C=O) groups excluding carboxylic acids is 1. The number of carbonyl (C=O) groups is 1. The molecule has 1 heterocycles. The first-order chi connectivity index (χ1) is 6.30. The highest BCUT2D eigenvalue weighted by atomic mass is 32.2. The lowest BCUT2D eigenvalue weighted by Crippen LogP contribution is -2.18. The van der Waals surface area contributed by atoms with Gasteiger partial charge < -0.3 is 10.7 Å². The van der Waals surface area contributed by atoms with Crippen molar-refractivity contribution in [3.05, 3.63) is 28.0 Å². The van der Waals surface area contributed by atoms with Gasteiger partial charge in [0.05, 0.1) is 0 Å². The molecule has 0 spiro atoms. The van der Waals surface area contributed by atoms with E-state index in [9.17, 15) is 18.0 Å². The molecule has 0 fully saturated rings. The highest BCUT2D eigenvalue weighted by molar-refractivity contribution is 7.90. The Kier molecular flexibility index (Phi) is 2.43. The lowest BCUT2D eigenvalue weighted by molar-refractivity contribution is 0.1000. The van der Waals surface area contributed by atoms with E-state index in [2.05, 4.69) is 4.98 Å². The van der Waals surface area contributed by atoms with Crippen LogP contribution in [0.3, 0.4) is 0 Å². The van der Waals surface area contributed by atoms with Gasteiger partial charge in [-0.1, -0.05) is 0 Å². The average molecular weight is 216 g/mol. The summed E-state index contributed by atoms with van der Waals surface area (Å²) in [5.74, 6) is -0.846. The highest BCUT2D eigenvalue weighted by Gasteiger charge is 2.11. The van der Waals surface area contributed by atoms with Crippen LogP contribution >= 0.6 is 0 Å². The highest BCUT2D eigenvalue weighted by Crippen LogP contribution is 2.04. The van der Waals surface area contributed by atoms with Crippen molar-refractivity contribution in [3.63, 3.8) is 0 Å². The minimum atomic E-state index is -3.54. The van der Waals surface area contributed by atoms with Crippen molar-refractivity contribution in [2.75, 3.05) is 6.26 Å². The van der Waals surface area contributed by atoms with Crippen LogP contribution in [0.4, 0.5) is 0 Å². The van der Waals surface area contributed by atoms with E-state index in [1.165, 1.54) is 0 Å². The van der Waals surface area contributed by atoms with E-state index >= 15 is 0 Å². The maximum Gasteiger partial charge on any atom is 0.249 e. The molecule has 0 aliphatic heterocycles. The molecule has 0 unspecified atom stereocenters. The van der Waals surface area contributed by atoms with Crippen LogP contribution in [-0.4, -0.2) is 25.6 Å². The first-order valence-corrected chi connectivity index (χ1v) is 5.44. The summed E-state index contributed by atoms with van der Waals surface area (Å²) in [5, 5.41) is -0.321. The third-order valence-electron chi connectivity index (χ3n) is 1.50. The van der Waals surface area contributed by atoms with Crippen LogP contribution in [0.2, 0.25) is 0 Å². The fourth-order valence-corrected chi connectivity index (χ4v) is 1.49. The number of aromatic amines is 1. The van der Waals surface area contributed by atoms with E-state index in [1.54, 1.807) is 0 Å². The van der Waals surface area contributed by atoms with Crippen molar-refractivity contribution in [2.24, 2.45) is 5.73 Å². The van der Waals surface area contributed by atoms with Crippen LogP contribution in [0.1, 0.15) is 10.4 Å². The van der Waals surface area contributed by atoms with Crippen molar-refractivity contribution in [1.82, 2.24) is 4.98 Å². The van der Waals surface area contributed by atoms with Gasteiger partial charge in [0.25, 0.3) is 0 Å². The molecule has 6 nitrogen and oxygen atoms in total. The molecule has 1 amide bonds. The van der Waals surface area contributed by atoms with Crippen molar-refractivity contribution in [3.8, 4) is 0 Å². The molecule has 1 rings (SSSR count). The Balaban J connectivity index is 3.51. The SMILES string of the molecule is CS(=O)(=O)c1cc(C(N)=O)cc(=O)[nH]1. The summed E-state index contributed by atoms with van der Waals surface area (Å²) in [6.45, 7) is 0. The lowest BCUT2D eigenvalue weighted by atomic mass is 10.2. The fraction of sp³-hybridized carbons (Fsp3) is 0.143. The number of nitrogens with two attached hydrogens (primary N) is 1. The van der Waals surface area contributed by atoms with Gasteiger partial charge in [-0.15, -0.1) is 0 Å². The Bertz CT molecular complexity index is 529. The van der Waals surface area contributed by atoms with Crippen LogP contribution in [0, 0.1) is 0 Å². The third kappa shape index (κ3) is 2.19. The van der Waals surface area contributed by atoms with Crippen LogP contribution in [0.25, 0.3) is 0 Å². The molecular formula is C7H8N2O4S. The summed E-state index contributed by atoms with van der Waals surface area (Å²) in [7, 11) is -3.54. The maximum absolute atomic E-state index is 11.0. The minimum absolute atomic E-state index is 0.130. The summed E-state index contributed by atoms with van der Waals surface area (Å²) in [5.41, 5.74) is 4.10. The standard InChI is InChI=1S/C7H8N2O4S/c1-14(12,13)6-3-4(7(8)11)2-5(10)9-6/h2-3H,1H3,(H2,8,11)(H,9,10). The summed E-state index contributed by atoms with van der Waals surface area (Å²) in [6.07, 6.45) is 0.920. The van der Waals surface area contributed by atoms with Gasteiger partial charge in [0, 0.05) is 17.9 Å². The number of sulfone groups is 1. The molecule has 0 radical (unpaired) electrons. The number of amides is 1. The molecule has 76 valence electrons. The van der Waals surface area contributed by atoms with Crippen molar-refractivity contribution in [1.29, 1.82) is 0 Å². The van der Waals surface area contributed by atoms with E-state index < -0.39 is 21.3 Å². The normalized spacial score (nSPS) is 11.2. The van der Waals surface area contributed by atoms with Crippen LogP contribution in [0.5, 0.6) is 0 Å². The van der Waals surface area contributed by atoms with Crippen LogP contribution < -0.4 is 11.3 Å². The summed E-state index contributed by atoms with van der Waals surface area (Å²) in [4.78, 5) is 23.7. The quantitative estimate of drug-likeness (QED) is 0.652. The van der Waals surface area contributed by atoms with Gasteiger partial charge in [-0.2, -0.15) is 0 Å². The zero-order valence-corrected chi connectivity index (χ0v) is 8.09. The lowest BCUT2D eigenvalue weighted by Gasteiger charge is -1.99. The average Bonchev–Trinajstić information content (AvgIpc) is 2.01. The Labute approximate surface area is 79.7 Å². The van der Waals surface area contributed by atoms with Gasteiger partial charge in [0.1, 0.15) is 5.03 Å². The molecule has 0 saturated carbocycles. The smallest absolute Gasteiger partial charge is 0.249 e. The Hall–Kier alpha value is -1.63. The van der Waals surface area contributed by atoms with Gasteiger partial charge >= 0.3 is 0 Å². The number of aromatic nitrogens is 1. The van der Waals surface area contributed by atoms with Crippen LogP contribution in [0.15, 0.2) is 22.0 Å². The molecule has 0 atom stereocenters. The molecule has 0 bridgehead atoms. The molecule has 7 heteroatoms. The predicted molar refractivity (Wildman–Crippen MR) is 48.7 cm³/mol. The Morgan fingerprint density at radius 1 is 1.43 bits per heavy atom. The number of hydrogen-bond donors (Lipinski definition) is 2. The minimum Gasteiger partial charge on any atom is -0.366 e. The third-order valence-corrected chi connectivity index (χ3v) is 2.52. The number of H-pyrrole nitrogens is 1. The van der Waals surface area contributed by atoms with Crippen molar-refractivity contribution >= 4 is 15.7 Å². The van der Waals surface area contributed by atoms with Crippen molar-refractivity contribution in [2.45, 2.75) is 5.03 Å². The summed E-state index contributed by atoms with van der Waals surface area (Å²) < 4.78 is 22.1. The van der Waals surface area contributed by atoms with E-state index in [-0.39, 0.29) is 10.6 Å². The summed E-state index contributed by atoms with van der Waals surface area (Å²) >= 11 is 0. The topological polar surface area (TPSA) is 110 Å². The zero-order chi connectivity index (χ0) is 10.9. The second-order valence-electron chi connectivity index (χ2n) is 2.73. The first kappa shape index (κ1) is 10.5. The molecule has 0 aromatic carbocycles. The number of hydrogen-bond acceptors (Lipinski definition) is 4. The second-order valence-corrected chi connectivity index (χ2v) is 4.72. The Morgan fingerprint density at radius 3 is 2.43 bits per heavy atom. The molecule has 14 heavy (non-hydrogen) atoms. The molecule has 0 saturated heterocycles. The molecule has 0 aliphatic carbocycles. The number of rotatable bonds is 2. The predicted octanol–water partition coefficient (Wildman–Crippen LogP) is -1.12. The van der Waals surface area contributed by atoms with E-state index in [0.29, 0.717) is 0 Å². The molecular weight excluding hydrogens is 208 g/mol. The van der Waals surface area contributed by atoms with Gasteiger partial charge in [-0.3, -0.25) is 9.59 Å². The molecule has 3 N–H and O–H groups in total. The van der Waals surface area contributed by atoms with E-state index in [0.717, 1.165) is 18.4 Å². The van der Waals surface area contributed by atoms with Crippen molar-refractivity contribution < 1.29 is 13.2 Å². The van der Waals surface area contributed by atoms with Crippen LogP contribution in [-0.2, 0) is 9.84 Å². The number of nitrogens with one attached hydrogen (secondary N) is 1. The number of primary amides is 1. The molecule has 1 aromatic heterocycles. The van der Waals surface area contributed by atoms with Gasteiger partial charge in [-0.05, 0) is 6.07 Å². The van der Waals surface area contributed by atoms with Gasteiger partial charge in [0.15, 0.2) is 9.84 Å². The Morgan fingerprint density at radius 2 is 2.00 bits per heavy atom. The van der Waals surface area contributed by atoms with Gasteiger partial charge in [0.2, 0.25) is 11.5 Å². The molecule has 1 aromatic rings. The maximum atomic E-state index is 11.0. The fourth-order valence-electron chi connectivity index (χ4n) is 0.860. The van der Waals surface area contributed by atoms with E-state index in [1.807, 2.05) is 0 Å². The monoisotopic (exact) mass is 216 g/mol. The largest absolute Gasteiger partial charge is 0.366 e. The zero-order valence-electron chi connectivity index (χ0n) is 7.27. The summed E-state index contributed by atoms with van der Waals surface area (Å²) in [6, 6.07) is 1.97. The van der Waals surface area contributed by atoms with Gasteiger partial charge in [-0.25, -0.2) is 8.42 Å². The number of pyridine rings is 1.